The Bertz CT molecular complexity index is 1750. The summed E-state index contributed by atoms with van der Waals surface area (Å²) in [5.41, 5.74) is 2.71. The number of nitrogens with one attached hydrogen (secondary N) is 2. The highest BCUT2D eigenvalue weighted by atomic mass is 35.5. The number of thiazole rings is 1. The van der Waals surface area contributed by atoms with E-state index in [1.165, 1.54) is 16.7 Å². The normalized spacial score (nSPS) is 19.6. The minimum atomic E-state index is -0.721. The van der Waals surface area contributed by atoms with Gasteiger partial charge in [-0.3, -0.25) is 19.2 Å². The molecule has 0 bridgehead atoms. The van der Waals surface area contributed by atoms with Crippen LogP contribution in [0, 0.1) is 12.8 Å². The molecule has 1 saturated heterocycles. The summed E-state index contributed by atoms with van der Waals surface area (Å²) in [5.74, 6) is -1.91. The van der Waals surface area contributed by atoms with Gasteiger partial charge in [-0.25, -0.2) is 4.90 Å². The van der Waals surface area contributed by atoms with Crippen molar-refractivity contribution in [3.8, 4) is 5.75 Å². The molecule has 1 fully saturated rings. The van der Waals surface area contributed by atoms with Gasteiger partial charge in [-0.05, 0) is 55.0 Å². The number of carbonyl (C=O) groups is 3. The standard InChI is InChI=1S/C29H21Cl2N3O5S2/c1-14-5-8-17(9-6-14)34-27(36)23-22(24-26(33-29(38)41-24)40-25(23)28(34)37)15-3-2-4-18(11-15)39-13-21(35)32-16-7-10-19(30)20(31)12-16/h2-12,22-23,25H,13H2,1H3,(H,32,35)(H,33,38)/t22-,23-,25+/m0/s1. The molecule has 0 spiro atoms. The quantitative estimate of drug-likeness (QED) is 0.260. The molecule has 1 aromatic heterocycles. The van der Waals surface area contributed by atoms with Crippen LogP contribution < -0.4 is 19.8 Å². The number of H-pyrrole nitrogens is 1. The molecule has 3 aromatic carbocycles. The van der Waals surface area contributed by atoms with Crippen LogP contribution in [0.3, 0.4) is 0 Å². The highest BCUT2D eigenvalue weighted by molar-refractivity contribution is 8.00. The van der Waals surface area contributed by atoms with Gasteiger partial charge in [-0.2, -0.15) is 0 Å². The van der Waals surface area contributed by atoms with Gasteiger partial charge in [0.25, 0.3) is 5.91 Å². The van der Waals surface area contributed by atoms with Crippen molar-refractivity contribution in [3.05, 3.63) is 102 Å². The van der Waals surface area contributed by atoms with E-state index in [0.717, 1.165) is 16.9 Å². The summed E-state index contributed by atoms with van der Waals surface area (Å²) < 4.78 is 5.77. The van der Waals surface area contributed by atoms with E-state index >= 15 is 0 Å². The summed E-state index contributed by atoms with van der Waals surface area (Å²) >= 11 is 14.2. The van der Waals surface area contributed by atoms with Gasteiger partial charge in [0.1, 0.15) is 11.0 Å². The average molecular weight is 627 g/mol. The van der Waals surface area contributed by atoms with Crippen LogP contribution in [0.2, 0.25) is 10.0 Å². The number of nitrogens with zero attached hydrogens (tertiary/aromatic N) is 1. The Morgan fingerprint density at radius 3 is 2.54 bits per heavy atom. The molecule has 2 aliphatic heterocycles. The fraction of sp³-hybridized carbons (Fsp3) is 0.172. The van der Waals surface area contributed by atoms with Crippen LogP contribution in [0.5, 0.6) is 5.75 Å². The first-order valence-electron chi connectivity index (χ1n) is 12.5. The molecule has 3 amide bonds. The number of hydrogen-bond donors (Lipinski definition) is 2. The molecule has 3 heterocycles. The molecule has 0 aliphatic carbocycles. The summed E-state index contributed by atoms with van der Waals surface area (Å²) in [5, 5.41) is 3.28. The van der Waals surface area contributed by atoms with E-state index in [2.05, 4.69) is 10.3 Å². The summed E-state index contributed by atoms with van der Waals surface area (Å²) in [6, 6.07) is 19.0. The molecule has 4 aromatic rings. The minimum absolute atomic E-state index is 0.255. The minimum Gasteiger partial charge on any atom is -0.484 e. The molecule has 0 saturated carbocycles. The van der Waals surface area contributed by atoms with Gasteiger partial charge >= 0.3 is 4.87 Å². The second-order valence-corrected chi connectivity index (χ2v) is 12.6. The first-order chi connectivity index (χ1) is 19.7. The van der Waals surface area contributed by atoms with Crippen molar-refractivity contribution in [2.24, 2.45) is 5.92 Å². The fourth-order valence-electron chi connectivity index (χ4n) is 5.04. The lowest BCUT2D eigenvalue weighted by atomic mass is 9.83. The Hall–Kier alpha value is -3.57. The largest absolute Gasteiger partial charge is 0.484 e. The third-order valence-corrected chi connectivity index (χ3v) is 10.0. The van der Waals surface area contributed by atoms with Crippen LogP contribution >= 0.6 is 46.3 Å². The molecule has 2 aliphatic rings. The second-order valence-electron chi connectivity index (χ2n) is 9.64. The van der Waals surface area contributed by atoms with E-state index in [0.29, 0.717) is 42.6 Å². The van der Waals surface area contributed by atoms with Crippen LogP contribution in [0.1, 0.15) is 21.9 Å². The van der Waals surface area contributed by atoms with E-state index in [1.54, 1.807) is 48.5 Å². The van der Waals surface area contributed by atoms with E-state index < -0.39 is 23.0 Å². The fourth-order valence-corrected chi connectivity index (χ4v) is 7.86. The van der Waals surface area contributed by atoms with Gasteiger partial charge < -0.3 is 15.0 Å². The number of aromatic amines is 1. The molecule has 0 radical (unpaired) electrons. The van der Waals surface area contributed by atoms with E-state index in [1.807, 2.05) is 25.1 Å². The smallest absolute Gasteiger partial charge is 0.305 e. The monoisotopic (exact) mass is 625 g/mol. The Balaban J connectivity index is 1.27. The lowest BCUT2D eigenvalue weighted by Gasteiger charge is -2.30. The van der Waals surface area contributed by atoms with E-state index in [-0.39, 0.29) is 23.3 Å². The maximum Gasteiger partial charge on any atom is 0.305 e. The van der Waals surface area contributed by atoms with Gasteiger partial charge in [0, 0.05) is 16.5 Å². The van der Waals surface area contributed by atoms with Gasteiger partial charge in [0.2, 0.25) is 11.8 Å². The van der Waals surface area contributed by atoms with Gasteiger partial charge in [-0.15, -0.1) is 0 Å². The first-order valence-corrected chi connectivity index (χ1v) is 15.0. The number of fused-ring (bicyclic) bond motifs is 2. The zero-order valence-corrected chi connectivity index (χ0v) is 24.5. The SMILES string of the molecule is Cc1ccc(N2C(=O)[C@H]3[C@H](c4cccc(OCC(=O)Nc5ccc(Cl)c(Cl)c5)c4)c4sc(=O)[nH]c4S[C@H]3C2=O)cc1. The number of ether oxygens (including phenoxy) is 1. The highest BCUT2D eigenvalue weighted by Crippen LogP contribution is 2.53. The molecule has 8 nitrogen and oxygen atoms in total. The summed E-state index contributed by atoms with van der Waals surface area (Å²) in [6.07, 6.45) is 0. The molecule has 3 atom stereocenters. The molecule has 12 heteroatoms. The van der Waals surface area contributed by atoms with Crippen LogP contribution in [0.15, 0.2) is 76.6 Å². The predicted octanol–water partition coefficient (Wildman–Crippen LogP) is 5.86. The lowest BCUT2D eigenvalue weighted by Crippen LogP contribution is -2.32. The maximum absolute atomic E-state index is 13.9. The highest BCUT2D eigenvalue weighted by Gasteiger charge is 2.56. The number of aryl methyl sites for hydroxylation is 1. The number of amides is 3. The van der Waals surface area contributed by atoms with Crippen molar-refractivity contribution in [2.75, 3.05) is 16.8 Å². The van der Waals surface area contributed by atoms with Crippen molar-refractivity contribution in [3.63, 3.8) is 0 Å². The number of rotatable bonds is 6. The van der Waals surface area contributed by atoms with Crippen molar-refractivity contribution < 1.29 is 19.1 Å². The maximum atomic E-state index is 13.9. The topological polar surface area (TPSA) is 109 Å². The second kappa shape index (κ2) is 11.0. The van der Waals surface area contributed by atoms with Crippen molar-refractivity contribution in [2.45, 2.75) is 23.1 Å². The number of carbonyl (C=O) groups excluding carboxylic acids is 3. The van der Waals surface area contributed by atoms with Crippen LogP contribution in [0.4, 0.5) is 11.4 Å². The first kappa shape index (κ1) is 27.6. The number of thioether (sulfide) groups is 1. The van der Waals surface area contributed by atoms with Crippen molar-refractivity contribution in [1.82, 2.24) is 4.98 Å². The summed E-state index contributed by atoms with van der Waals surface area (Å²) in [6.45, 7) is 1.65. The van der Waals surface area contributed by atoms with Gasteiger partial charge in [0.15, 0.2) is 6.61 Å². The van der Waals surface area contributed by atoms with Crippen molar-refractivity contribution in [1.29, 1.82) is 0 Å². The third-order valence-electron chi connectivity index (χ3n) is 6.91. The Labute approximate surface area is 252 Å². The zero-order valence-electron chi connectivity index (χ0n) is 21.4. The van der Waals surface area contributed by atoms with Crippen molar-refractivity contribution >= 4 is 75.4 Å². The molecule has 0 unspecified atom stereocenters. The number of imide groups is 1. The number of aromatic nitrogens is 1. The molecule has 2 N–H and O–H groups in total. The number of halogens is 2. The van der Waals surface area contributed by atoms with Gasteiger partial charge in [0.05, 0.1) is 26.7 Å². The molecule has 208 valence electrons. The van der Waals surface area contributed by atoms with Crippen LogP contribution in [-0.2, 0) is 14.4 Å². The average Bonchev–Trinajstić information content (AvgIpc) is 3.44. The number of hydrogen-bond acceptors (Lipinski definition) is 7. The van der Waals surface area contributed by atoms with E-state index in [9.17, 15) is 19.2 Å². The van der Waals surface area contributed by atoms with Gasteiger partial charge in [-0.1, -0.05) is 76.1 Å². The predicted molar refractivity (Wildman–Crippen MR) is 161 cm³/mol. The Kier molecular flexibility index (Phi) is 7.41. The number of benzene rings is 3. The molecular weight excluding hydrogens is 605 g/mol. The van der Waals surface area contributed by atoms with E-state index in [4.69, 9.17) is 27.9 Å². The third kappa shape index (κ3) is 5.28. The summed E-state index contributed by atoms with van der Waals surface area (Å²) in [4.78, 5) is 56.8. The lowest BCUT2D eigenvalue weighted by molar-refractivity contribution is -0.122. The summed E-state index contributed by atoms with van der Waals surface area (Å²) in [7, 11) is 0. The Morgan fingerprint density at radius 2 is 1.78 bits per heavy atom. The molecule has 6 rings (SSSR count). The zero-order chi connectivity index (χ0) is 28.8. The molecule has 41 heavy (non-hydrogen) atoms. The Morgan fingerprint density at radius 1 is 1.00 bits per heavy atom. The number of anilines is 2. The molecular formula is C29H21Cl2N3O5S2. The van der Waals surface area contributed by atoms with Crippen LogP contribution in [0.25, 0.3) is 0 Å². The van der Waals surface area contributed by atoms with Crippen LogP contribution in [-0.4, -0.2) is 34.6 Å².